The first-order chi connectivity index (χ1) is 11.9. The Hall–Kier alpha value is -1.10. The van der Waals surface area contributed by atoms with Gasteiger partial charge in [-0.15, -0.1) is 0 Å². The van der Waals surface area contributed by atoms with Crippen LogP contribution in [0.1, 0.15) is 91.9 Å². The minimum Gasteiger partial charge on any atom is -0.480 e. The molecule has 0 fully saturated rings. The molecule has 148 valence electrons. The van der Waals surface area contributed by atoms with Crippen LogP contribution in [0.4, 0.5) is 0 Å². The van der Waals surface area contributed by atoms with Crippen molar-refractivity contribution in [1.82, 2.24) is 4.90 Å². The van der Waals surface area contributed by atoms with Crippen molar-refractivity contribution in [3.05, 3.63) is 0 Å². The molecule has 5 nitrogen and oxygen atoms in total. The molecule has 0 heterocycles. The van der Waals surface area contributed by atoms with Crippen molar-refractivity contribution < 1.29 is 14.7 Å². The van der Waals surface area contributed by atoms with Crippen LogP contribution in [0.2, 0.25) is 0 Å². The third kappa shape index (κ3) is 7.35. The number of hydrogen-bond donors (Lipinski definition) is 2. The average molecular weight is 357 g/mol. The molecule has 0 bridgehead atoms. The Morgan fingerprint density at radius 3 is 2.04 bits per heavy atom. The van der Waals surface area contributed by atoms with E-state index in [2.05, 4.69) is 25.7 Å². The summed E-state index contributed by atoms with van der Waals surface area (Å²) in [4.78, 5) is 26.4. The van der Waals surface area contributed by atoms with E-state index in [0.717, 1.165) is 57.9 Å². The zero-order valence-corrected chi connectivity index (χ0v) is 16.9. The summed E-state index contributed by atoms with van der Waals surface area (Å²) in [6.07, 6.45) is 8.36. The lowest BCUT2D eigenvalue weighted by atomic mass is 9.73. The predicted octanol–water partition coefficient (Wildman–Crippen LogP) is 4.19. The first-order valence-corrected chi connectivity index (χ1v) is 10.2. The Bertz CT molecular complexity index is 387. The van der Waals surface area contributed by atoms with Gasteiger partial charge in [0.05, 0.1) is 0 Å². The number of nitrogens with two attached hydrogens (primary N) is 1. The highest BCUT2D eigenvalue weighted by molar-refractivity contribution is 5.81. The Kier molecular flexibility index (Phi) is 12.6. The molecule has 0 spiro atoms. The third-order valence-corrected chi connectivity index (χ3v) is 5.29. The molecule has 0 aromatic carbocycles. The predicted molar refractivity (Wildman–Crippen MR) is 103 cm³/mol. The van der Waals surface area contributed by atoms with Gasteiger partial charge in [-0.2, -0.15) is 0 Å². The van der Waals surface area contributed by atoms with Gasteiger partial charge in [-0.25, -0.2) is 0 Å². The van der Waals surface area contributed by atoms with E-state index in [9.17, 15) is 14.7 Å². The second kappa shape index (κ2) is 13.2. The van der Waals surface area contributed by atoms with Gasteiger partial charge in [0, 0.05) is 6.42 Å². The van der Waals surface area contributed by atoms with Crippen LogP contribution in [-0.4, -0.2) is 40.5 Å². The molecule has 1 amide bonds. The van der Waals surface area contributed by atoms with Crippen LogP contribution < -0.4 is 5.73 Å². The van der Waals surface area contributed by atoms with Gasteiger partial charge in [0.15, 0.2) is 0 Å². The molecule has 0 radical (unpaired) electrons. The first-order valence-electron chi connectivity index (χ1n) is 10.2. The highest BCUT2D eigenvalue weighted by Crippen LogP contribution is 2.37. The Labute approximate surface area is 154 Å². The number of carbonyl (C=O) groups is 2. The van der Waals surface area contributed by atoms with Gasteiger partial charge in [-0.05, 0) is 38.3 Å². The molecule has 0 aliphatic heterocycles. The number of likely N-dealkylation sites (N-methyl/N-ethyl adjacent to an activating group) is 1. The molecule has 2 unspecified atom stereocenters. The van der Waals surface area contributed by atoms with Crippen molar-refractivity contribution in [3.63, 3.8) is 0 Å². The largest absolute Gasteiger partial charge is 0.480 e. The van der Waals surface area contributed by atoms with Crippen molar-refractivity contribution in [2.45, 2.75) is 97.4 Å². The van der Waals surface area contributed by atoms with E-state index in [1.54, 1.807) is 0 Å². The minimum absolute atomic E-state index is 0.153. The summed E-state index contributed by atoms with van der Waals surface area (Å²) in [6.45, 7) is 9.79. The highest BCUT2D eigenvalue weighted by atomic mass is 16.4. The third-order valence-electron chi connectivity index (χ3n) is 5.29. The van der Waals surface area contributed by atoms with E-state index >= 15 is 0 Å². The second-order valence-corrected chi connectivity index (χ2v) is 7.13. The maximum absolute atomic E-state index is 12.6. The summed E-state index contributed by atoms with van der Waals surface area (Å²) in [5.41, 5.74) is 4.52. The van der Waals surface area contributed by atoms with E-state index in [0.29, 0.717) is 13.0 Å². The van der Waals surface area contributed by atoms with Crippen molar-refractivity contribution in [2.24, 2.45) is 11.7 Å². The van der Waals surface area contributed by atoms with Gasteiger partial charge in [0.1, 0.15) is 5.54 Å². The number of nitrogens with zero attached hydrogens (tertiary/aromatic N) is 1. The topological polar surface area (TPSA) is 83.6 Å². The van der Waals surface area contributed by atoms with E-state index in [1.807, 2.05) is 6.92 Å². The maximum Gasteiger partial charge on any atom is 0.324 e. The van der Waals surface area contributed by atoms with Gasteiger partial charge in [-0.1, -0.05) is 66.2 Å². The summed E-state index contributed by atoms with van der Waals surface area (Å²) >= 11 is 0. The number of carbonyl (C=O) groups excluding carboxylic acids is 1. The molecule has 0 saturated carbocycles. The molecule has 0 saturated heterocycles. The fraction of sp³-hybridized carbons (Fsp3) is 0.900. The van der Waals surface area contributed by atoms with Gasteiger partial charge >= 0.3 is 5.97 Å². The van der Waals surface area contributed by atoms with Crippen LogP contribution in [0, 0.1) is 5.92 Å². The summed E-state index contributed by atoms with van der Waals surface area (Å²) in [7, 11) is 0. The quantitative estimate of drug-likeness (QED) is 0.406. The number of carboxylic acid groups (broad SMARTS) is 1. The lowest BCUT2D eigenvalue weighted by Crippen LogP contribution is -2.60. The number of carboxylic acids is 1. The molecule has 0 aromatic rings. The minimum atomic E-state index is -0.983. The van der Waals surface area contributed by atoms with Crippen LogP contribution in [0.25, 0.3) is 0 Å². The molecule has 2 atom stereocenters. The monoisotopic (exact) mass is 356 g/mol. The molecule has 0 rings (SSSR count). The van der Waals surface area contributed by atoms with Gasteiger partial charge in [0.25, 0.3) is 0 Å². The fourth-order valence-electron chi connectivity index (χ4n) is 3.88. The number of hydrogen-bond acceptors (Lipinski definition) is 3. The number of primary amides is 1. The molecular formula is C20H40N2O3. The lowest BCUT2D eigenvalue weighted by molar-refractivity contribution is -0.158. The fourth-order valence-corrected chi connectivity index (χ4v) is 3.88. The van der Waals surface area contributed by atoms with Crippen LogP contribution >= 0.6 is 0 Å². The first kappa shape index (κ1) is 23.9. The number of unbranched alkanes of at least 4 members (excludes halogenated alkanes) is 4. The second-order valence-electron chi connectivity index (χ2n) is 7.13. The normalized spacial score (nSPS) is 15.1. The smallest absolute Gasteiger partial charge is 0.324 e. The average Bonchev–Trinajstić information content (AvgIpc) is 2.57. The van der Waals surface area contributed by atoms with Gasteiger partial charge in [0.2, 0.25) is 5.91 Å². The summed E-state index contributed by atoms with van der Waals surface area (Å²) < 4.78 is 0. The molecule has 3 N–H and O–H groups in total. The standard InChI is InChI=1S/C20H40N2O3/c1-5-9-12-15-22(8-4)20(19(24)25,14-11-7-3)17(13-10-6-2)16-18(21)23/h17H,5-16H2,1-4H3,(H2,21,23)(H,24,25). The van der Waals surface area contributed by atoms with Gasteiger partial charge < -0.3 is 10.8 Å². The van der Waals surface area contributed by atoms with E-state index in [-0.39, 0.29) is 12.3 Å². The zero-order valence-electron chi connectivity index (χ0n) is 16.9. The van der Waals surface area contributed by atoms with E-state index < -0.39 is 17.4 Å². The van der Waals surface area contributed by atoms with Crippen LogP contribution in [0.15, 0.2) is 0 Å². The molecular weight excluding hydrogens is 316 g/mol. The molecule has 0 aliphatic carbocycles. The maximum atomic E-state index is 12.6. The number of amides is 1. The Morgan fingerprint density at radius 2 is 1.60 bits per heavy atom. The molecule has 0 aromatic heterocycles. The van der Waals surface area contributed by atoms with Crippen molar-refractivity contribution >= 4 is 11.9 Å². The summed E-state index contributed by atoms with van der Waals surface area (Å²) in [5, 5.41) is 10.3. The van der Waals surface area contributed by atoms with Crippen LogP contribution in [0.5, 0.6) is 0 Å². The highest BCUT2D eigenvalue weighted by Gasteiger charge is 2.49. The Balaban J connectivity index is 5.81. The molecule has 25 heavy (non-hydrogen) atoms. The lowest BCUT2D eigenvalue weighted by Gasteiger charge is -2.46. The van der Waals surface area contributed by atoms with E-state index in [1.165, 1.54) is 0 Å². The van der Waals surface area contributed by atoms with E-state index in [4.69, 9.17) is 5.73 Å². The van der Waals surface area contributed by atoms with Crippen LogP contribution in [-0.2, 0) is 9.59 Å². The Morgan fingerprint density at radius 1 is 1.00 bits per heavy atom. The summed E-state index contributed by atoms with van der Waals surface area (Å²) in [6, 6.07) is 0. The van der Waals surface area contributed by atoms with Crippen molar-refractivity contribution in [2.75, 3.05) is 13.1 Å². The van der Waals surface area contributed by atoms with Crippen molar-refractivity contribution in [1.29, 1.82) is 0 Å². The molecule has 0 aliphatic rings. The number of rotatable bonds is 16. The number of aliphatic carboxylic acids is 1. The molecule has 5 heteroatoms. The summed E-state index contributed by atoms with van der Waals surface area (Å²) in [5.74, 6) is -1.41. The zero-order chi connectivity index (χ0) is 19.3. The van der Waals surface area contributed by atoms with Crippen molar-refractivity contribution in [3.8, 4) is 0 Å². The SMILES string of the molecule is CCCCCN(CC)C(CCCC)(C(=O)O)C(CCCC)CC(N)=O. The van der Waals surface area contributed by atoms with Crippen LogP contribution in [0.3, 0.4) is 0 Å². The van der Waals surface area contributed by atoms with Gasteiger partial charge in [-0.3, -0.25) is 14.5 Å².